The van der Waals surface area contributed by atoms with Crippen LogP contribution in [0.2, 0.25) is 0 Å². The number of amides is 1. The van der Waals surface area contributed by atoms with Crippen LogP contribution in [0.4, 0.5) is 10.6 Å². The molecule has 1 amide bonds. The van der Waals surface area contributed by atoms with Crippen LogP contribution in [0.5, 0.6) is 0 Å². The molecule has 1 heterocycles. The zero-order valence-corrected chi connectivity index (χ0v) is 16.6. The van der Waals surface area contributed by atoms with Gasteiger partial charge in [0.25, 0.3) is 0 Å². The average Bonchev–Trinajstić information content (AvgIpc) is 2.51. The maximum Gasteiger partial charge on any atom is 0.413 e. The second kappa shape index (κ2) is 7.94. The van der Waals surface area contributed by atoms with Crippen molar-refractivity contribution in [3.8, 4) is 0 Å². The van der Waals surface area contributed by atoms with Crippen molar-refractivity contribution in [1.29, 1.82) is 0 Å². The molecule has 0 bridgehead atoms. The Bertz CT molecular complexity index is 690. The summed E-state index contributed by atoms with van der Waals surface area (Å²) in [5, 5.41) is 21.9. The minimum atomic E-state index is -2.00. The molecule has 1 aromatic heterocycles. The van der Waals surface area contributed by atoms with Gasteiger partial charge in [-0.3, -0.25) is 14.9 Å². The molecule has 8 heteroatoms. The lowest BCUT2D eigenvalue weighted by Crippen LogP contribution is -2.52. The summed E-state index contributed by atoms with van der Waals surface area (Å²) in [5.41, 5.74) is -3.20. The fourth-order valence-corrected chi connectivity index (χ4v) is 2.68. The van der Waals surface area contributed by atoms with Gasteiger partial charge < -0.3 is 14.9 Å². The number of pyridine rings is 1. The van der Waals surface area contributed by atoms with Crippen molar-refractivity contribution in [3.05, 3.63) is 23.9 Å². The predicted octanol–water partition coefficient (Wildman–Crippen LogP) is 3.56. The Balaban J connectivity index is 3.08. The fourth-order valence-electron chi connectivity index (χ4n) is 2.68. The van der Waals surface area contributed by atoms with Crippen LogP contribution in [0.3, 0.4) is 0 Å². The summed E-state index contributed by atoms with van der Waals surface area (Å²) in [6, 6.07) is 3.03. The van der Waals surface area contributed by atoms with Crippen molar-refractivity contribution >= 4 is 23.8 Å². The molecule has 0 unspecified atom stereocenters. The van der Waals surface area contributed by atoms with E-state index in [0.29, 0.717) is 12.0 Å². The van der Waals surface area contributed by atoms with E-state index in [1.54, 1.807) is 47.6 Å². The average molecular weight is 380 g/mol. The number of carbonyl (C=O) groups is 3. The predicted molar refractivity (Wildman–Crippen MR) is 99.6 cm³/mol. The van der Waals surface area contributed by atoms with E-state index in [1.165, 1.54) is 12.3 Å². The molecular weight excluding hydrogens is 352 g/mol. The van der Waals surface area contributed by atoms with Crippen molar-refractivity contribution in [2.24, 2.45) is 10.8 Å². The number of carboxylic acid groups (broad SMARTS) is 2. The van der Waals surface area contributed by atoms with E-state index >= 15 is 0 Å². The van der Waals surface area contributed by atoms with Crippen LogP contribution in [0.15, 0.2) is 18.3 Å². The summed E-state index contributed by atoms with van der Waals surface area (Å²) < 4.78 is 5.13. The van der Waals surface area contributed by atoms with Crippen LogP contribution in [0, 0.1) is 10.8 Å². The standard InChI is InChI=1S/C19H28N2O6/c1-7-18(5,6)19(14(22)23,15(24)25)10-12-8-9-13(20-11-12)21-16(26)27-17(2,3)4/h8-9,11H,7,10H2,1-6H3,(H,22,23)(H,24,25)(H,20,21,26). The highest BCUT2D eigenvalue weighted by Crippen LogP contribution is 2.45. The van der Waals surface area contributed by atoms with Gasteiger partial charge in [0.15, 0.2) is 5.41 Å². The van der Waals surface area contributed by atoms with Gasteiger partial charge in [-0.2, -0.15) is 0 Å². The lowest BCUT2D eigenvalue weighted by Gasteiger charge is -2.39. The van der Waals surface area contributed by atoms with E-state index in [4.69, 9.17) is 4.74 Å². The molecular formula is C19H28N2O6. The number of carbonyl (C=O) groups excluding carboxylic acids is 1. The van der Waals surface area contributed by atoms with Gasteiger partial charge in [-0.15, -0.1) is 0 Å². The first-order valence-electron chi connectivity index (χ1n) is 8.67. The number of hydrogen-bond donors (Lipinski definition) is 3. The first-order chi connectivity index (χ1) is 12.2. The zero-order chi connectivity index (χ0) is 21.0. The Morgan fingerprint density at radius 3 is 2.00 bits per heavy atom. The topological polar surface area (TPSA) is 126 Å². The number of aromatic nitrogens is 1. The molecule has 0 atom stereocenters. The summed E-state index contributed by atoms with van der Waals surface area (Å²) in [5.74, 6) is -2.56. The molecule has 0 spiro atoms. The Hall–Kier alpha value is -2.64. The van der Waals surface area contributed by atoms with E-state index in [9.17, 15) is 24.6 Å². The molecule has 0 saturated heterocycles. The van der Waals surface area contributed by atoms with E-state index in [1.807, 2.05) is 0 Å². The minimum absolute atomic E-state index is 0.221. The molecule has 27 heavy (non-hydrogen) atoms. The lowest BCUT2D eigenvalue weighted by molar-refractivity contribution is -0.174. The third-order valence-electron chi connectivity index (χ3n) is 4.69. The smallest absolute Gasteiger partial charge is 0.413 e. The maximum atomic E-state index is 11.9. The molecule has 0 aromatic carbocycles. The van der Waals surface area contributed by atoms with Crippen molar-refractivity contribution in [3.63, 3.8) is 0 Å². The Morgan fingerprint density at radius 2 is 1.63 bits per heavy atom. The molecule has 3 N–H and O–H groups in total. The quantitative estimate of drug-likeness (QED) is 0.617. The molecule has 0 fully saturated rings. The number of rotatable bonds is 7. The maximum absolute atomic E-state index is 11.9. The largest absolute Gasteiger partial charge is 0.480 e. The first kappa shape index (κ1) is 22.4. The summed E-state index contributed by atoms with van der Waals surface area (Å²) >= 11 is 0. The Morgan fingerprint density at radius 1 is 1.07 bits per heavy atom. The number of ether oxygens (including phenoxy) is 1. The SMILES string of the molecule is CCC(C)(C)C(Cc1ccc(NC(=O)OC(C)(C)C)nc1)(C(=O)O)C(=O)O. The lowest BCUT2D eigenvalue weighted by atomic mass is 9.61. The van der Waals surface area contributed by atoms with Crippen molar-refractivity contribution in [2.75, 3.05) is 5.32 Å². The number of aliphatic carboxylic acids is 2. The van der Waals surface area contributed by atoms with E-state index in [-0.39, 0.29) is 12.2 Å². The monoisotopic (exact) mass is 380 g/mol. The summed E-state index contributed by atoms with van der Waals surface area (Å²) in [7, 11) is 0. The third kappa shape index (κ3) is 5.18. The Kier molecular flexibility index (Phi) is 6.59. The van der Waals surface area contributed by atoms with Crippen LogP contribution in [-0.2, 0) is 20.7 Å². The fraction of sp³-hybridized carbons (Fsp3) is 0.579. The molecule has 150 valence electrons. The number of nitrogens with zero attached hydrogens (tertiary/aromatic N) is 1. The molecule has 0 aliphatic carbocycles. The number of carboxylic acids is 2. The second-order valence-electron chi connectivity index (χ2n) is 8.11. The highest BCUT2D eigenvalue weighted by atomic mass is 16.6. The number of anilines is 1. The summed E-state index contributed by atoms with van der Waals surface area (Å²) in [6.07, 6.45) is 0.842. The van der Waals surface area contributed by atoms with E-state index < -0.39 is 34.5 Å². The van der Waals surface area contributed by atoms with E-state index in [2.05, 4.69) is 10.3 Å². The van der Waals surface area contributed by atoms with Crippen molar-refractivity contribution in [1.82, 2.24) is 4.98 Å². The summed E-state index contributed by atoms with van der Waals surface area (Å²) in [4.78, 5) is 39.7. The van der Waals surface area contributed by atoms with Crippen LogP contribution < -0.4 is 5.32 Å². The highest BCUT2D eigenvalue weighted by Gasteiger charge is 2.56. The van der Waals surface area contributed by atoms with Crippen LogP contribution in [0.1, 0.15) is 53.5 Å². The molecule has 1 aromatic rings. The van der Waals surface area contributed by atoms with Crippen molar-refractivity contribution in [2.45, 2.75) is 60.0 Å². The van der Waals surface area contributed by atoms with Gasteiger partial charge in [0, 0.05) is 12.6 Å². The number of hydrogen-bond acceptors (Lipinski definition) is 5. The highest BCUT2D eigenvalue weighted by molar-refractivity contribution is 5.99. The van der Waals surface area contributed by atoms with Crippen LogP contribution in [0.25, 0.3) is 0 Å². The first-order valence-corrected chi connectivity index (χ1v) is 8.67. The molecule has 0 aliphatic heterocycles. The van der Waals surface area contributed by atoms with Crippen LogP contribution >= 0.6 is 0 Å². The van der Waals surface area contributed by atoms with Crippen molar-refractivity contribution < 1.29 is 29.3 Å². The van der Waals surface area contributed by atoms with Gasteiger partial charge in [-0.05, 0) is 44.2 Å². The van der Waals surface area contributed by atoms with E-state index in [0.717, 1.165) is 0 Å². The van der Waals surface area contributed by atoms with Gasteiger partial charge in [-0.1, -0.05) is 26.8 Å². The minimum Gasteiger partial charge on any atom is -0.480 e. The normalized spacial score (nSPS) is 12.4. The van der Waals surface area contributed by atoms with Gasteiger partial charge in [-0.25, -0.2) is 9.78 Å². The molecule has 0 aliphatic rings. The number of nitrogens with one attached hydrogen (secondary N) is 1. The summed E-state index contributed by atoms with van der Waals surface area (Å²) in [6.45, 7) is 10.2. The molecule has 0 radical (unpaired) electrons. The van der Waals surface area contributed by atoms with Gasteiger partial charge in [0.1, 0.15) is 11.4 Å². The van der Waals surface area contributed by atoms with Crippen LogP contribution in [-0.4, -0.2) is 38.8 Å². The van der Waals surface area contributed by atoms with Gasteiger partial charge in [0.2, 0.25) is 0 Å². The van der Waals surface area contributed by atoms with Gasteiger partial charge >= 0.3 is 18.0 Å². The molecule has 0 saturated carbocycles. The Labute approximate surface area is 158 Å². The molecule has 8 nitrogen and oxygen atoms in total. The van der Waals surface area contributed by atoms with Gasteiger partial charge in [0.05, 0.1) is 0 Å². The molecule has 1 rings (SSSR count). The second-order valence-corrected chi connectivity index (χ2v) is 8.11. The third-order valence-corrected chi connectivity index (χ3v) is 4.69. The zero-order valence-electron chi connectivity index (χ0n) is 16.6.